The number of nitrogens with zero attached hydrogens (tertiary/aromatic N) is 5. The second-order valence-corrected chi connectivity index (χ2v) is 8.15. The largest absolute Gasteiger partial charge is 0.322 e. The average Bonchev–Trinajstić information content (AvgIpc) is 3.42. The Labute approximate surface area is 178 Å². The minimum Gasteiger partial charge on any atom is -0.322 e. The van der Waals surface area contributed by atoms with Gasteiger partial charge in [-0.15, -0.1) is 0 Å². The molecule has 1 N–H and O–H groups in total. The third-order valence-electron chi connectivity index (χ3n) is 5.33. The van der Waals surface area contributed by atoms with Crippen LogP contribution >= 0.6 is 11.6 Å². The van der Waals surface area contributed by atoms with Gasteiger partial charge in [0.25, 0.3) is 0 Å². The molecule has 0 bridgehead atoms. The second kappa shape index (κ2) is 7.57. The van der Waals surface area contributed by atoms with Crippen LogP contribution < -0.4 is 5.32 Å². The quantitative estimate of drug-likeness (QED) is 0.508. The maximum atomic E-state index is 12.6. The van der Waals surface area contributed by atoms with Crippen molar-refractivity contribution in [1.29, 1.82) is 0 Å². The highest BCUT2D eigenvalue weighted by Crippen LogP contribution is 2.43. The van der Waals surface area contributed by atoms with Gasteiger partial charge in [-0.1, -0.05) is 23.7 Å². The summed E-state index contributed by atoms with van der Waals surface area (Å²) in [5.74, 6) is 0.441. The first-order valence-corrected chi connectivity index (χ1v) is 10.3. The Balaban J connectivity index is 1.28. The van der Waals surface area contributed by atoms with Gasteiger partial charge in [-0.2, -0.15) is 10.2 Å². The summed E-state index contributed by atoms with van der Waals surface area (Å²) in [6.07, 6.45) is 7.69. The van der Waals surface area contributed by atoms with Gasteiger partial charge in [0.1, 0.15) is 6.54 Å². The number of fused-ring (bicyclic) bond motifs is 1. The van der Waals surface area contributed by atoms with E-state index in [-0.39, 0.29) is 12.5 Å². The smallest absolute Gasteiger partial charge is 0.246 e. The third kappa shape index (κ3) is 3.80. The number of aryl methyl sites for hydroxylation is 1. The van der Waals surface area contributed by atoms with E-state index >= 15 is 0 Å². The summed E-state index contributed by atoms with van der Waals surface area (Å²) in [5, 5.41) is 13.6. The van der Waals surface area contributed by atoms with Gasteiger partial charge in [0, 0.05) is 22.8 Å². The molecule has 0 unspecified atom stereocenters. The standard InChI is InChI=1S/C22H21ClN6O/c1-14-21-19(16-4-5-16)8-9-24-22(21)29(27-14)13-20(30)26-18-10-25-28(12-18)11-15-2-6-17(23)7-3-15/h2-3,6-10,12,16H,4-5,11,13H2,1H3,(H,26,30). The Morgan fingerprint density at radius 3 is 2.80 bits per heavy atom. The van der Waals surface area contributed by atoms with Crippen molar-refractivity contribution in [2.75, 3.05) is 5.32 Å². The van der Waals surface area contributed by atoms with E-state index in [0.717, 1.165) is 22.3 Å². The molecule has 0 spiro atoms. The molecule has 8 heteroatoms. The van der Waals surface area contributed by atoms with E-state index < -0.39 is 0 Å². The molecular formula is C22H21ClN6O. The lowest BCUT2D eigenvalue weighted by atomic mass is 10.1. The fraction of sp³-hybridized carbons (Fsp3) is 0.273. The van der Waals surface area contributed by atoms with Gasteiger partial charge in [-0.25, -0.2) is 9.67 Å². The number of benzene rings is 1. The van der Waals surface area contributed by atoms with Crippen molar-refractivity contribution in [1.82, 2.24) is 24.5 Å². The molecule has 7 nitrogen and oxygen atoms in total. The van der Waals surface area contributed by atoms with Crippen molar-refractivity contribution >= 4 is 34.2 Å². The summed E-state index contributed by atoms with van der Waals surface area (Å²) < 4.78 is 3.46. The minimum absolute atomic E-state index is 0.105. The number of carbonyl (C=O) groups is 1. The summed E-state index contributed by atoms with van der Waals surface area (Å²) in [5.41, 5.74) is 4.71. The van der Waals surface area contributed by atoms with E-state index in [0.29, 0.717) is 23.2 Å². The normalized spacial score (nSPS) is 13.7. The second-order valence-electron chi connectivity index (χ2n) is 7.72. The van der Waals surface area contributed by atoms with E-state index in [9.17, 15) is 4.79 Å². The van der Waals surface area contributed by atoms with Crippen LogP contribution in [0.25, 0.3) is 11.0 Å². The molecule has 3 aromatic heterocycles. The van der Waals surface area contributed by atoms with Crippen LogP contribution in [0.4, 0.5) is 5.69 Å². The number of hydrogen-bond acceptors (Lipinski definition) is 4. The molecule has 3 heterocycles. The maximum Gasteiger partial charge on any atom is 0.246 e. The lowest BCUT2D eigenvalue weighted by Gasteiger charge is -2.05. The van der Waals surface area contributed by atoms with E-state index in [1.54, 1.807) is 15.6 Å². The Morgan fingerprint density at radius 2 is 2.03 bits per heavy atom. The fourth-order valence-electron chi connectivity index (χ4n) is 3.78. The molecule has 30 heavy (non-hydrogen) atoms. The zero-order valence-electron chi connectivity index (χ0n) is 16.5. The number of halogens is 1. The maximum absolute atomic E-state index is 12.6. The van der Waals surface area contributed by atoms with Crippen molar-refractivity contribution in [2.45, 2.75) is 38.8 Å². The minimum atomic E-state index is -0.163. The molecule has 1 amide bonds. The third-order valence-corrected chi connectivity index (χ3v) is 5.58. The summed E-state index contributed by atoms with van der Waals surface area (Å²) in [7, 11) is 0. The van der Waals surface area contributed by atoms with Crippen molar-refractivity contribution in [3.05, 3.63) is 70.8 Å². The van der Waals surface area contributed by atoms with Gasteiger partial charge in [0.05, 0.1) is 24.1 Å². The predicted octanol–water partition coefficient (Wildman–Crippen LogP) is 4.15. The van der Waals surface area contributed by atoms with Gasteiger partial charge < -0.3 is 5.32 Å². The molecule has 5 rings (SSSR count). The number of aromatic nitrogens is 5. The highest BCUT2D eigenvalue weighted by atomic mass is 35.5. The average molecular weight is 421 g/mol. The van der Waals surface area contributed by atoms with Gasteiger partial charge in [0.2, 0.25) is 5.91 Å². The number of rotatable bonds is 6. The van der Waals surface area contributed by atoms with Crippen molar-refractivity contribution in [3.8, 4) is 0 Å². The number of nitrogens with one attached hydrogen (secondary N) is 1. The van der Waals surface area contributed by atoms with Gasteiger partial charge >= 0.3 is 0 Å². The number of carbonyl (C=O) groups excluding carboxylic acids is 1. The van der Waals surface area contributed by atoms with Crippen LogP contribution in [0.1, 0.15) is 35.6 Å². The Hall–Kier alpha value is -3.19. The van der Waals surface area contributed by atoms with Gasteiger partial charge in [0.15, 0.2) is 5.65 Å². The van der Waals surface area contributed by atoms with Crippen LogP contribution in [0.15, 0.2) is 48.9 Å². The Morgan fingerprint density at radius 1 is 1.23 bits per heavy atom. The predicted molar refractivity (Wildman–Crippen MR) is 116 cm³/mol. The number of amides is 1. The number of anilines is 1. The van der Waals surface area contributed by atoms with Crippen LogP contribution in [0, 0.1) is 6.92 Å². The van der Waals surface area contributed by atoms with E-state index in [4.69, 9.17) is 11.6 Å². The van der Waals surface area contributed by atoms with Crippen LogP contribution in [0.2, 0.25) is 5.02 Å². The monoisotopic (exact) mass is 420 g/mol. The lowest BCUT2D eigenvalue weighted by Crippen LogP contribution is -2.19. The Kier molecular flexibility index (Phi) is 4.75. The van der Waals surface area contributed by atoms with Gasteiger partial charge in [-0.05, 0) is 55.0 Å². The summed E-state index contributed by atoms with van der Waals surface area (Å²) >= 11 is 5.93. The molecule has 0 aliphatic heterocycles. The van der Waals surface area contributed by atoms with Crippen molar-refractivity contribution in [3.63, 3.8) is 0 Å². The van der Waals surface area contributed by atoms with E-state index in [1.165, 1.54) is 18.4 Å². The molecule has 1 fully saturated rings. The SMILES string of the molecule is Cc1nn(CC(=O)Nc2cnn(Cc3ccc(Cl)cc3)c2)c2nccc(C3CC3)c12. The molecule has 1 aromatic carbocycles. The summed E-state index contributed by atoms with van der Waals surface area (Å²) in [6.45, 7) is 2.68. The lowest BCUT2D eigenvalue weighted by molar-refractivity contribution is -0.116. The highest BCUT2D eigenvalue weighted by Gasteiger charge is 2.27. The topological polar surface area (TPSA) is 77.6 Å². The Bertz CT molecular complexity index is 1220. The van der Waals surface area contributed by atoms with Crippen molar-refractivity contribution < 1.29 is 4.79 Å². The highest BCUT2D eigenvalue weighted by molar-refractivity contribution is 6.30. The number of pyridine rings is 1. The zero-order chi connectivity index (χ0) is 20.7. The van der Waals surface area contributed by atoms with Crippen LogP contribution in [-0.4, -0.2) is 30.5 Å². The van der Waals surface area contributed by atoms with Crippen LogP contribution in [0.3, 0.4) is 0 Å². The zero-order valence-corrected chi connectivity index (χ0v) is 17.3. The summed E-state index contributed by atoms with van der Waals surface area (Å²) in [6, 6.07) is 9.69. The first-order chi connectivity index (χ1) is 14.6. The molecular weight excluding hydrogens is 400 g/mol. The molecule has 4 aromatic rings. The first-order valence-electron chi connectivity index (χ1n) is 9.95. The molecule has 1 saturated carbocycles. The van der Waals surface area contributed by atoms with Crippen LogP contribution in [-0.2, 0) is 17.9 Å². The van der Waals surface area contributed by atoms with E-state index in [2.05, 4.69) is 26.6 Å². The summed E-state index contributed by atoms with van der Waals surface area (Å²) in [4.78, 5) is 17.1. The molecule has 1 aliphatic rings. The fourth-order valence-corrected chi connectivity index (χ4v) is 3.91. The molecule has 1 aliphatic carbocycles. The number of hydrogen-bond donors (Lipinski definition) is 1. The first kappa shape index (κ1) is 18.8. The molecule has 0 radical (unpaired) electrons. The van der Waals surface area contributed by atoms with Crippen molar-refractivity contribution in [2.24, 2.45) is 0 Å². The molecule has 0 saturated heterocycles. The van der Waals surface area contributed by atoms with E-state index in [1.807, 2.05) is 43.6 Å². The van der Waals surface area contributed by atoms with Crippen LogP contribution in [0.5, 0.6) is 0 Å². The van der Waals surface area contributed by atoms with Gasteiger partial charge in [-0.3, -0.25) is 9.48 Å². The molecule has 152 valence electrons. The molecule has 0 atom stereocenters.